The molecule has 0 atom stereocenters. The highest BCUT2D eigenvalue weighted by Crippen LogP contribution is 2.23. The van der Waals surface area contributed by atoms with Gasteiger partial charge in [0.15, 0.2) is 11.6 Å². The largest absolute Gasteiger partial charge is 0.496 e. The van der Waals surface area contributed by atoms with Crippen LogP contribution in [0.4, 0.5) is 8.78 Å². The maximum Gasteiger partial charge on any atom is 0.167 e. The second kappa shape index (κ2) is 7.52. The third-order valence-corrected chi connectivity index (χ3v) is 3.33. The van der Waals surface area contributed by atoms with Crippen molar-refractivity contribution in [2.45, 2.75) is 6.61 Å². The van der Waals surface area contributed by atoms with Gasteiger partial charge in [0.25, 0.3) is 0 Å². The monoisotopic (exact) mass is 344 g/mol. The molecule has 0 unspecified atom stereocenters. The molecule has 6 nitrogen and oxygen atoms in total. The summed E-state index contributed by atoms with van der Waals surface area (Å²) < 4.78 is 38.8. The van der Waals surface area contributed by atoms with Crippen molar-refractivity contribution in [1.82, 2.24) is 14.9 Å². The summed E-state index contributed by atoms with van der Waals surface area (Å²) in [6.45, 7) is 0.0556. The van der Waals surface area contributed by atoms with Gasteiger partial charge in [-0.3, -0.25) is 0 Å². The Balaban J connectivity index is 1.78. The number of aromatic nitrogens is 3. The van der Waals surface area contributed by atoms with Crippen LogP contribution in [-0.2, 0) is 6.61 Å². The summed E-state index contributed by atoms with van der Waals surface area (Å²) in [4.78, 5) is 0. The molecule has 25 heavy (non-hydrogen) atoms. The molecule has 8 heteroatoms. The molecule has 0 radical (unpaired) electrons. The number of ether oxygens (including phenoxy) is 2. The second-order valence-corrected chi connectivity index (χ2v) is 5.02. The summed E-state index contributed by atoms with van der Waals surface area (Å²) in [7, 11) is 1.53. The molecule has 0 amide bonds. The summed E-state index contributed by atoms with van der Waals surface area (Å²) in [5, 5.41) is 11.5. The van der Waals surface area contributed by atoms with E-state index in [0.717, 1.165) is 17.7 Å². The molecule has 0 fully saturated rings. The predicted molar refractivity (Wildman–Crippen MR) is 86.7 cm³/mol. The Bertz CT molecular complexity index is 882. The van der Waals surface area contributed by atoms with Gasteiger partial charge < -0.3 is 9.47 Å². The van der Waals surface area contributed by atoms with Gasteiger partial charge >= 0.3 is 0 Å². The molecule has 0 aliphatic carbocycles. The first-order chi connectivity index (χ1) is 12.2. The lowest BCUT2D eigenvalue weighted by atomic mass is 10.1. The van der Waals surface area contributed by atoms with E-state index in [1.807, 2.05) is 6.07 Å². The number of benzene rings is 2. The van der Waals surface area contributed by atoms with Gasteiger partial charge in [0, 0.05) is 11.6 Å². The Hall–Kier alpha value is -3.29. The molecule has 0 N–H and O–H groups in total. The minimum Gasteiger partial charge on any atom is -0.496 e. The molecule has 0 saturated heterocycles. The molecule has 1 heterocycles. The first-order valence-electron chi connectivity index (χ1n) is 7.29. The highest BCUT2D eigenvalue weighted by atomic mass is 19.1. The Morgan fingerprint density at radius 2 is 1.84 bits per heavy atom. The quantitative estimate of drug-likeness (QED) is 0.645. The van der Waals surface area contributed by atoms with Crippen LogP contribution in [0.2, 0.25) is 0 Å². The first kappa shape index (κ1) is 16.6. The highest BCUT2D eigenvalue weighted by molar-refractivity contribution is 5.80. The fraction of sp³-hybridized carbons (Fsp3) is 0.118. The molecule has 3 aromatic rings. The predicted octanol–water partition coefficient (Wildman–Crippen LogP) is 3.03. The van der Waals surface area contributed by atoms with Gasteiger partial charge in [-0.05, 0) is 35.9 Å². The third kappa shape index (κ3) is 4.17. The number of rotatable bonds is 6. The summed E-state index contributed by atoms with van der Waals surface area (Å²) in [5.41, 5.74) is 1.48. The van der Waals surface area contributed by atoms with E-state index in [1.54, 1.807) is 18.3 Å². The van der Waals surface area contributed by atoms with Gasteiger partial charge in [0.1, 0.15) is 30.8 Å². The number of hydrogen-bond donors (Lipinski definition) is 0. The lowest BCUT2D eigenvalue weighted by molar-refractivity contribution is 0.282. The average molecular weight is 344 g/mol. The molecule has 0 spiro atoms. The van der Waals surface area contributed by atoms with Gasteiger partial charge in [0.05, 0.1) is 13.3 Å². The smallest absolute Gasteiger partial charge is 0.167 e. The van der Waals surface area contributed by atoms with Gasteiger partial charge in [-0.15, -0.1) is 10.2 Å². The van der Waals surface area contributed by atoms with E-state index in [2.05, 4.69) is 15.3 Å². The number of hydrogen-bond acceptors (Lipinski definition) is 5. The van der Waals surface area contributed by atoms with Crippen molar-refractivity contribution in [3.05, 3.63) is 71.8 Å². The summed E-state index contributed by atoms with van der Waals surface area (Å²) in [6, 6.07) is 8.52. The molecule has 0 saturated carbocycles. The van der Waals surface area contributed by atoms with Crippen LogP contribution < -0.4 is 9.47 Å². The van der Waals surface area contributed by atoms with Gasteiger partial charge in [0.2, 0.25) is 0 Å². The van der Waals surface area contributed by atoms with Crippen molar-refractivity contribution in [3.63, 3.8) is 0 Å². The molecule has 1 aromatic heterocycles. The second-order valence-electron chi connectivity index (χ2n) is 5.02. The zero-order valence-corrected chi connectivity index (χ0v) is 13.3. The molecule has 0 bridgehead atoms. The van der Waals surface area contributed by atoms with Crippen LogP contribution in [0.25, 0.3) is 0 Å². The highest BCUT2D eigenvalue weighted by Gasteiger charge is 2.09. The molecule has 0 aliphatic heterocycles. The average Bonchev–Trinajstić information content (AvgIpc) is 3.13. The molecule has 0 aliphatic rings. The summed E-state index contributed by atoms with van der Waals surface area (Å²) in [5.74, 6) is -0.866. The van der Waals surface area contributed by atoms with Crippen LogP contribution in [-0.4, -0.2) is 28.2 Å². The maximum atomic E-state index is 13.7. The van der Waals surface area contributed by atoms with E-state index in [-0.39, 0.29) is 12.4 Å². The maximum absolute atomic E-state index is 13.7. The van der Waals surface area contributed by atoms with Crippen molar-refractivity contribution in [3.8, 4) is 11.5 Å². The van der Waals surface area contributed by atoms with Crippen LogP contribution >= 0.6 is 0 Å². The van der Waals surface area contributed by atoms with E-state index < -0.39 is 11.6 Å². The Morgan fingerprint density at radius 3 is 2.56 bits per heavy atom. The fourth-order valence-corrected chi connectivity index (χ4v) is 2.13. The normalized spacial score (nSPS) is 11.0. The standard InChI is InChI=1S/C17H14F2N4O2/c1-24-16-4-2-12(8-22-23-10-20-21-11-23)6-13(16)9-25-17-5-3-14(18)7-15(17)19/h2-8,10-11H,9H2,1H3/b22-8-. The third-order valence-electron chi connectivity index (χ3n) is 3.33. The van der Waals surface area contributed by atoms with E-state index in [4.69, 9.17) is 9.47 Å². The van der Waals surface area contributed by atoms with Crippen LogP contribution in [0.1, 0.15) is 11.1 Å². The minimum absolute atomic E-state index is 0.0352. The summed E-state index contributed by atoms with van der Waals surface area (Å²) in [6.07, 6.45) is 4.54. The lowest BCUT2D eigenvalue weighted by Gasteiger charge is -2.11. The van der Waals surface area contributed by atoms with Crippen molar-refractivity contribution >= 4 is 6.21 Å². The zero-order valence-electron chi connectivity index (χ0n) is 13.3. The number of nitrogens with zero attached hydrogens (tertiary/aromatic N) is 4. The van der Waals surface area contributed by atoms with Crippen LogP contribution in [0, 0.1) is 11.6 Å². The van der Waals surface area contributed by atoms with E-state index in [0.29, 0.717) is 11.3 Å². The van der Waals surface area contributed by atoms with Gasteiger partial charge in [-0.25, -0.2) is 13.5 Å². The SMILES string of the molecule is COc1ccc(/C=N\n2cnnc2)cc1COc1ccc(F)cc1F. The minimum atomic E-state index is -0.760. The van der Waals surface area contributed by atoms with Crippen LogP contribution in [0.3, 0.4) is 0 Å². The number of methoxy groups -OCH3 is 1. The first-order valence-corrected chi connectivity index (χ1v) is 7.29. The van der Waals surface area contributed by atoms with Crippen molar-refractivity contribution in [2.75, 3.05) is 7.11 Å². The van der Waals surface area contributed by atoms with E-state index in [9.17, 15) is 8.78 Å². The number of halogens is 2. The Morgan fingerprint density at radius 1 is 1.08 bits per heavy atom. The van der Waals surface area contributed by atoms with Crippen molar-refractivity contribution < 1.29 is 18.3 Å². The molecule has 128 valence electrons. The Kier molecular flexibility index (Phi) is 4.98. The van der Waals surface area contributed by atoms with Crippen molar-refractivity contribution in [1.29, 1.82) is 0 Å². The van der Waals surface area contributed by atoms with Crippen LogP contribution in [0.15, 0.2) is 54.2 Å². The van der Waals surface area contributed by atoms with E-state index >= 15 is 0 Å². The lowest BCUT2D eigenvalue weighted by Crippen LogP contribution is -2.01. The van der Waals surface area contributed by atoms with Crippen LogP contribution in [0.5, 0.6) is 11.5 Å². The molecule has 2 aromatic carbocycles. The van der Waals surface area contributed by atoms with Gasteiger partial charge in [-0.2, -0.15) is 5.10 Å². The summed E-state index contributed by atoms with van der Waals surface area (Å²) >= 11 is 0. The fourth-order valence-electron chi connectivity index (χ4n) is 2.13. The molecular weight excluding hydrogens is 330 g/mol. The van der Waals surface area contributed by atoms with E-state index in [1.165, 1.54) is 30.5 Å². The van der Waals surface area contributed by atoms with Crippen molar-refractivity contribution in [2.24, 2.45) is 5.10 Å². The zero-order chi connectivity index (χ0) is 17.6. The Labute approximate surface area is 142 Å². The molecular formula is C17H14F2N4O2. The topological polar surface area (TPSA) is 61.5 Å². The van der Waals surface area contributed by atoms with Gasteiger partial charge in [-0.1, -0.05) is 0 Å². The molecule has 3 rings (SSSR count).